The Morgan fingerprint density at radius 3 is 2.21 bits per heavy atom. The summed E-state index contributed by atoms with van der Waals surface area (Å²) in [5.41, 5.74) is 23.6. The summed E-state index contributed by atoms with van der Waals surface area (Å²) in [7, 11) is 0. The smallest absolute Gasteiger partial charge is 0.0634 e. The number of anilines is 1. The van der Waals surface area contributed by atoms with Crippen molar-refractivity contribution in [1.29, 1.82) is 5.41 Å². The third kappa shape index (κ3) is 7.38. The summed E-state index contributed by atoms with van der Waals surface area (Å²) in [5, 5.41) is 12.3. The molecule has 5 N–H and O–H groups in total. The first-order chi connectivity index (χ1) is 25.8. The third-order valence-electron chi connectivity index (χ3n) is 9.27. The molecule has 0 radical (unpaired) electrons. The molecule has 0 fully saturated rings. The first-order valence-electron chi connectivity index (χ1n) is 17.4. The van der Waals surface area contributed by atoms with Crippen molar-refractivity contribution in [2.24, 2.45) is 5.73 Å². The molecule has 8 rings (SSSR count). The van der Waals surface area contributed by atoms with Crippen LogP contribution >= 0.6 is 11.3 Å². The summed E-state index contributed by atoms with van der Waals surface area (Å²) in [5.74, 6) is 0. The molecule has 4 nitrogen and oxygen atoms in total. The van der Waals surface area contributed by atoms with Gasteiger partial charge in [-0.05, 0) is 94.9 Å². The number of nitrogens with two attached hydrogens (primary N) is 2. The number of nitrogens with one attached hydrogen (secondary N) is 1. The molecule has 0 unspecified atom stereocenters. The van der Waals surface area contributed by atoms with E-state index in [0.717, 1.165) is 55.7 Å². The van der Waals surface area contributed by atoms with Gasteiger partial charge in [0.1, 0.15) is 0 Å². The highest BCUT2D eigenvalue weighted by atomic mass is 32.1. The van der Waals surface area contributed by atoms with Gasteiger partial charge in [-0.15, -0.1) is 11.3 Å². The fraction of sp³-hybridized carbons (Fsp3) is 0.0208. The summed E-state index contributed by atoms with van der Waals surface area (Å²) in [6, 6.07) is 47.6. The van der Waals surface area contributed by atoms with Gasteiger partial charge in [0.25, 0.3) is 0 Å². The molecule has 0 bridgehead atoms. The maximum atomic E-state index is 8.74. The minimum Gasteiger partial charge on any atom is -0.399 e. The highest BCUT2D eigenvalue weighted by Gasteiger charge is 2.13. The normalized spacial score (nSPS) is 11.7. The number of hydrogen-bond acceptors (Lipinski definition) is 4. The Bertz CT molecular complexity index is 2690. The number of aromatic nitrogens is 1. The quantitative estimate of drug-likeness (QED) is 0.0836. The van der Waals surface area contributed by atoms with E-state index in [4.69, 9.17) is 16.9 Å². The van der Waals surface area contributed by atoms with E-state index in [2.05, 4.69) is 104 Å². The number of benzene rings is 6. The van der Waals surface area contributed by atoms with Crippen LogP contribution in [0.5, 0.6) is 0 Å². The van der Waals surface area contributed by atoms with Crippen molar-refractivity contribution >= 4 is 65.1 Å². The molecule has 0 saturated carbocycles. The van der Waals surface area contributed by atoms with E-state index in [0.29, 0.717) is 11.4 Å². The van der Waals surface area contributed by atoms with Crippen LogP contribution in [0.25, 0.3) is 59.2 Å². The van der Waals surface area contributed by atoms with Crippen molar-refractivity contribution in [3.05, 3.63) is 205 Å². The van der Waals surface area contributed by atoms with Crippen LogP contribution in [0, 0.1) is 12.3 Å². The molecule has 0 amide bonds. The summed E-state index contributed by atoms with van der Waals surface area (Å²) >= 11 is 1.81. The fourth-order valence-electron chi connectivity index (χ4n) is 6.51. The molecule has 2 heterocycles. The lowest BCUT2D eigenvalue weighted by Gasteiger charge is -2.08. The lowest BCUT2D eigenvalue weighted by atomic mass is 9.98. The van der Waals surface area contributed by atoms with Gasteiger partial charge in [0.05, 0.1) is 21.6 Å². The summed E-state index contributed by atoms with van der Waals surface area (Å²) in [6.45, 7) is 9.76. The summed E-state index contributed by atoms with van der Waals surface area (Å²) in [4.78, 5) is 0. The first kappa shape index (κ1) is 34.7. The van der Waals surface area contributed by atoms with Crippen molar-refractivity contribution in [3.8, 4) is 16.8 Å². The van der Waals surface area contributed by atoms with Gasteiger partial charge in [0.15, 0.2) is 0 Å². The second-order valence-electron chi connectivity index (χ2n) is 12.9. The Labute approximate surface area is 314 Å². The van der Waals surface area contributed by atoms with E-state index in [1.807, 2.05) is 84.1 Å². The van der Waals surface area contributed by atoms with Gasteiger partial charge < -0.3 is 21.4 Å². The second-order valence-corrected chi connectivity index (χ2v) is 13.9. The Morgan fingerprint density at radius 1 is 0.717 bits per heavy atom. The number of thiophene rings is 1. The van der Waals surface area contributed by atoms with Crippen LogP contribution in [0.4, 0.5) is 5.69 Å². The molecule has 8 aromatic rings. The molecule has 0 aliphatic carbocycles. The molecule has 0 saturated heterocycles. The van der Waals surface area contributed by atoms with Crippen molar-refractivity contribution in [1.82, 2.24) is 4.57 Å². The van der Waals surface area contributed by atoms with E-state index in [1.54, 1.807) is 18.2 Å². The molecule has 6 aromatic carbocycles. The molecule has 0 atom stereocenters. The highest BCUT2D eigenvalue weighted by Crippen LogP contribution is 2.40. The SMILES string of the molecule is C=C/C=C(\C=C)c1cccc(/C(N)=C/C(=N)c2ccc(-c3ccc4sc5c(-n6ccc7cc(N)ccc76)cccc5c4c3)cc2)c1.Cc1ccccc1. The van der Waals surface area contributed by atoms with Crippen LogP contribution in [0.1, 0.15) is 22.3 Å². The van der Waals surface area contributed by atoms with Gasteiger partial charge in [0, 0.05) is 38.4 Å². The van der Waals surface area contributed by atoms with Crippen LogP contribution in [0.15, 0.2) is 183 Å². The lowest BCUT2D eigenvalue weighted by molar-refractivity contribution is 1.15. The number of nitrogens with zero attached hydrogens (tertiary/aromatic N) is 1. The summed E-state index contributed by atoms with van der Waals surface area (Å²) < 4.78 is 4.74. The van der Waals surface area contributed by atoms with Crippen LogP contribution in [-0.2, 0) is 0 Å². The number of aryl methyl sites for hydroxylation is 1. The van der Waals surface area contributed by atoms with Crippen molar-refractivity contribution in [2.75, 3.05) is 5.73 Å². The van der Waals surface area contributed by atoms with E-state index < -0.39 is 0 Å². The topological polar surface area (TPSA) is 80.8 Å². The fourth-order valence-corrected chi connectivity index (χ4v) is 7.70. The molecule has 2 aromatic heterocycles. The molecule has 0 spiro atoms. The number of rotatable bonds is 8. The number of fused-ring (bicyclic) bond motifs is 4. The third-order valence-corrected chi connectivity index (χ3v) is 10.5. The van der Waals surface area contributed by atoms with Crippen molar-refractivity contribution in [3.63, 3.8) is 0 Å². The molecule has 0 aliphatic heterocycles. The van der Waals surface area contributed by atoms with Gasteiger partial charge in [-0.3, -0.25) is 0 Å². The van der Waals surface area contributed by atoms with Crippen LogP contribution < -0.4 is 11.5 Å². The van der Waals surface area contributed by atoms with Gasteiger partial charge in [-0.2, -0.15) is 0 Å². The minimum absolute atomic E-state index is 0.354. The first-order valence-corrected chi connectivity index (χ1v) is 18.2. The minimum atomic E-state index is 0.354. The molecule has 53 heavy (non-hydrogen) atoms. The van der Waals surface area contributed by atoms with E-state index >= 15 is 0 Å². The Morgan fingerprint density at radius 2 is 1.47 bits per heavy atom. The van der Waals surface area contributed by atoms with Gasteiger partial charge in [-0.1, -0.05) is 128 Å². The van der Waals surface area contributed by atoms with Crippen molar-refractivity contribution in [2.45, 2.75) is 6.92 Å². The molecular formula is C48H40N4S. The maximum Gasteiger partial charge on any atom is 0.0634 e. The maximum absolute atomic E-state index is 8.74. The zero-order valence-electron chi connectivity index (χ0n) is 29.6. The number of hydrogen-bond donors (Lipinski definition) is 3. The zero-order valence-corrected chi connectivity index (χ0v) is 30.4. The molecule has 0 aliphatic rings. The highest BCUT2D eigenvalue weighted by molar-refractivity contribution is 7.26. The second kappa shape index (κ2) is 15.3. The Kier molecular flexibility index (Phi) is 10.0. The average molecular weight is 705 g/mol. The lowest BCUT2D eigenvalue weighted by Crippen LogP contribution is -2.03. The van der Waals surface area contributed by atoms with Crippen LogP contribution in [-0.4, -0.2) is 10.3 Å². The zero-order chi connectivity index (χ0) is 36.9. The average Bonchev–Trinajstić information content (AvgIpc) is 3.78. The van der Waals surface area contributed by atoms with Gasteiger partial charge >= 0.3 is 0 Å². The van der Waals surface area contributed by atoms with E-state index in [9.17, 15) is 0 Å². The monoisotopic (exact) mass is 704 g/mol. The van der Waals surface area contributed by atoms with Gasteiger partial charge in [0.2, 0.25) is 0 Å². The largest absolute Gasteiger partial charge is 0.399 e. The molecule has 258 valence electrons. The molecular weight excluding hydrogens is 665 g/mol. The van der Waals surface area contributed by atoms with Gasteiger partial charge in [-0.25, -0.2) is 0 Å². The summed E-state index contributed by atoms with van der Waals surface area (Å²) in [6.07, 6.45) is 9.27. The Balaban J connectivity index is 0.000000559. The number of allylic oxidation sites excluding steroid dienone is 5. The van der Waals surface area contributed by atoms with Crippen LogP contribution in [0.3, 0.4) is 0 Å². The predicted molar refractivity (Wildman–Crippen MR) is 231 cm³/mol. The number of nitrogen functional groups attached to an aromatic ring is 1. The van der Waals surface area contributed by atoms with Crippen molar-refractivity contribution < 1.29 is 0 Å². The standard InChI is InChI=1S/C41H32N4S.C7H8/c1-3-7-26(4-2)29-8-5-9-31(22-29)37(44)25-36(43)28-14-12-27(13-15-28)30-16-19-40-35(24-30)34-10-6-11-39(41(34)46-40)45-21-20-32-23-33(42)17-18-38(32)45;1-7-5-3-2-4-6-7/h3-25,43H,1-2,42,44H2;2-6H,1H3/b26-7+,37-25-,43-36?;. The predicted octanol–water partition coefficient (Wildman–Crippen LogP) is 12.4. The van der Waals surface area contributed by atoms with E-state index in [-0.39, 0.29) is 0 Å². The Hall–Kier alpha value is -6.69. The molecule has 5 heteroatoms. The van der Waals surface area contributed by atoms with E-state index in [1.165, 1.54) is 25.7 Å². The van der Waals surface area contributed by atoms with Crippen LogP contribution in [0.2, 0.25) is 0 Å².